The second-order valence-corrected chi connectivity index (χ2v) is 5.83. The van der Waals surface area contributed by atoms with E-state index in [1.807, 2.05) is 12.1 Å². The van der Waals surface area contributed by atoms with E-state index in [4.69, 9.17) is 9.47 Å². The van der Waals surface area contributed by atoms with E-state index in [0.29, 0.717) is 17.4 Å². The van der Waals surface area contributed by atoms with Gasteiger partial charge in [0.05, 0.1) is 14.2 Å². The second-order valence-electron chi connectivity index (χ2n) is 5.83. The molecule has 0 saturated carbocycles. The third-order valence-corrected chi connectivity index (χ3v) is 4.34. The Morgan fingerprint density at radius 3 is 2.75 bits per heavy atom. The second kappa shape index (κ2) is 7.18. The number of rotatable bonds is 5. The monoisotopic (exact) mass is 324 g/mol. The van der Waals surface area contributed by atoms with E-state index in [1.54, 1.807) is 26.6 Å². The number of nitrogens with zero attached hydrogens (tertiary/aromatic N) is 4. The van der Waals surface area contributed by atoms with E-state index in [-0.39, 0.29) is 0 Å². The Balaban J connectivity index is 1.70. The highest BCUT2D eigenvalue weighted by atomic mass is 16.5. The molecule has 1 aromatic carbocycles. The first-order valence-electron chi connectivity index (χ1n) is 7.92. The molecule has 1 aromatic heterocycles. The number of methoxy groups -OCH3 is 2. The summed E-state index contributed by atoms with van der Waals surface area (Å²) in [4.78, 5) is 10.6. The van der Waals surface area contributed by atoms with Crippen molar-refractivity contribution in [1.29, 1.82) is 5.26 Å². The molecule has 0 aliphatic carbocycles. The maximum absolute atomic E-state index is 9.18. The van der Waals surface area contributed by atoms with E-state index in [1.165, 1.54) is 5.56 Å². The number of hydrogen-bond donors (Lipinski definition) is 0. The lowest BCUT2D eigenvalue weighted by Gasteiger charge is -2.18. The molecule has 124 valence electrons. The van der Waals surface area contributed by atoms with Crippen LogP contribution in [0.3, 0.4) is 0 Å². The van der Waals surface area contributed by atoms with Crippen molar-refractivity contribution in [3.05, 3.63) is 41.9 Å². The lowest BCUT2D eigenvalue weighted by atomic mass is 9.98. The summed E-state index contributed by atoms with van der Waals surface area (Å²) in [5.74, 6) is 2.70. The highest BCUT2D eigenvalue weighted by Gasteiger charge is 2.26. The number of benzene rings is 1. The van der Waals surface area contributed by atoms with Crippen molar-refractivity contribution in [2.45, 2.75) is 12.8 Å². The summed E-state index contributed by atoms with van der Waals surface area (Å²) in [7, 11) is 3.29. The zero-order valence-electron chi connectivity index (χ0n) is 13.9. The molecule has 0 radical (unpaired) electrons. The standard InChI is InChI=1S/C18H20N4O2/c1-23-16-4-3-13(10-17(16)24-2)9-14-5-8-22(12-14)18-15(11-19)20-6-7-21-18/h3-4,6-7,10,14H,5,8-9,12H2,1-2H3. The van der Waals surface area contributed by atoms with Gasteiger partial charge >= 0.3 is 0 Å². The first-order valence-corrected chi connectivity index (χ1v) is 7.92. The molecule has 24 heavy (non-hydrogen) atoms. The molecule has 1 fully saturated rings. The summed E-state index contributed by atoms with van der Waals surface area (Å²) in [6, 6.07) is 8.17. The molecule has 1 aliphatic rings. The van der Waals surface area contributed by atoms with Gasteiger partial charge in [-0.15, -0.1) is 0 Å². The van der Waals surface area contributed by atoms with Gasteiger partial charge in [-0.1, -0.05) is 6.07 Å². The average Bonchev–Trinajstić information content (AvgIpc) is 3.09. The van der Waals surface area contributed by atoms with Crippen LogP contribution >= 0.6 is 0 Å². The van der Waals surface area contributed by atoms with Crippen molar-refractivity contribution in [3.63, 3.8) is 0 Å². The fourth-order valence-electron chi connectivity index (χ4n) is 3.17. The Labute approximate surface area is 141 Å². The summed E-state index contributed by atoms with van der Waals surface area (Å²) in [5.41, 5.74) is 1.61. The van der Waals surface area contributed by atoms with Crippen LogP contribution in [-0.4, -0.2) is 37.3 Å². The summed E-state index contributed by atoms with van der Waals surface area (Å²) in [6.45, 7) is 1.77. The van der Waals surface area contributed by atoms with Gasteiger partial charge in [-0.3, -0.25) is 0 Å². The minimum absolute atomic E-state index is 0.393. The van der Waals surface area contributed by atoms with Gasteiger partial charge in [0.2, 0.25) is 0 Å². The Bertz CT molecular complexity index is 757. The first kappa shape index (κ1) is 16.1. The van der Waals surface area contributed by atoms with Crippen LogP contribution < -0.4 is 14.4 Å². The molecule has 2 aromatic rings. The Hall–Kier alpha value is -2.81. The molecule has 2 heterocycles. The van der Waals surface area contributed by atoms with Gasteiger partial charge in [0, 0.05) is 25.5 Å². The zero-order valence-corrected chi connectivity index (χ0v) is 13.9. The maximum atomic E-state index is 9.18. The van der Waals surface area contributed by atoms with Gasteiger partial charge in [0.15, 0.2) is 23.0 Å². The molecular weight excluding hydrogens is 304 g/mol. The van der Waals surface area contributed by atoms with E-state index in [0.717, 1.165) is 37.4 Å². The number of nitriles is 1. The summed E-state index contributed by atoms with van der Waals surface area (Å²) in [5, 5.41) is 9.18. The predicted molar refractivity (Wildman–Crippen MR) is 90.3 cm³/mol. The zero-order chi connectivity index (χ0) is 16.9. The number of anilines is 1. The average molecular weight is 324 g/mol. The summed E-state index contributed by atoms with van der Waals surface area (Å²) < 4.78 is 10.7. The van der Waals surface area contributed by atoms with Crippen molar-refractivity contribution in [3.8, 4) is 17.6 Å². The SMILES string of the molecule is COc1ccc(CC2CCN(c3nccnc3C#N)C2)cc1OC. The highest BCUT2D eigenvalue weighted by Crippen LogP contribution is 2.31. The highest BCUT2D eigenvalue weighted by molar-refractivity contribution is 5.50. The van der Waals surface area contributed by atoms with Gasteiger partial charge in [0.1, 0.15) is 6.07 Å². The topological polar surface area (TPSA) is 71.3 Å². The minimum Gasteiger partial charge on any atom is -0.493 e. The fourth-order valence-corrected chi connectivity index (χ4v) is 3.17. The van der Waals surface area contributed by atoms with Gasteiger partial charge < -0.3 is 14.4 Å². The van der Waals surface area contributed by atoms with Crippen LogP contribution in [0.15, 0.2) is 30.6 Å². The van der Waals surface area contributed by atoms with Gasteiger partial charge in [0.25, 0.3) is 0 Å². The van der Waals surface area contributed by atoms with Crippen LogP contribution in [0.1, 0.15) is 17.7 Å². The first-order chi connectivity index (χ1) is 11.7. The Morgan fingerprint density at radius 1 is 1.21 bits per heavy atom. The van der Waals surface area contributed by atoms with Crippen LogP contribution in [0.4, 0.5) is 5.82 Å². The molecule has 0 bridgehead atoms. The van der Waals surface area contributed by atoms with Gasteiger partial charge in [-0.2, -0.15) is 5.26 Å². The molecule has 3 rings (SSSR count). The predicted octanol–water partition coefficient (Wildman–Crippen LogP) is 2.43. The van der Waals surface area contributed by atoms with Crippen molar-refractivity contribution in [2.24, 2.45) is 5.92 Å². The molecule has 6 heteroatoms. The summed E-state index contributed by atoms with van der Waals surface area (Å²) in [6.07, 6.45) is 5.21. The van der Waals surface area contributed by atoms with E-state index >= 15 is 0 Å². The third-order valence-electron chi connectivity index (χ3n) is 4.34. The maximum Gasteiger partial charge on any atom is 0.183 e. The van der Waals surface area contributed by atoms with Crippen molar-refractivity contribution < 1.29 is 9.47 Å². The van der Waals surface area contributed by atoms with E-state index < -0.39 is 0 Å². The molecule has 0 N–H and O–H groups in total. The normalized spacial score (nSPS) is 16.7. The van der Waals surface area contributed by atoms with E-state index in [9.17, 15) is 5.26 Å². The third kappa shape index (κ3) is 3.25. The van der Waals surface area contributed by atoms with Crippen LogP contribution in [-0.2, 0) is 6.42 Å². The van der Waals surface area contributed by atoms with Crippen LogP contribution in [0.2, 0.25) is 0 Å². The largest absolute Gasteiger partial charge is 0.493 e. The van der Waals surface area contributed by atoms with Crippen molar-refractivity contribution >= 4 is 5.82 Å². The number of aromatic nitrogens is 2. The van der Waals surface area contributed by atoms with Crippen molar-refractivity contribution in [2.75, 3.05) is 32.2 Å². The Morgan fingerprint density at radius 2 is 2.00 bits per heavy atom. The molecule has 6 nitrogen and oxygen atoms in total. The molecule has 1 aliphatic heterocycles. The van der Waals surface area contributed by atoms with Crippen LogP contribution in [0.5, 0.6) is 11.5 Å². The smallest absolute Gasteiger partial charge is 0.183 e. The van der Waals surface area contributed by atoms with Crippen LogP contribution in [0, 0.1) is 17.2 Å². The van der Waals surface area contributed by atoms with E-state index in [2.05, 4.69) is 27.0 Å². The molecule has 0 spiro atoms. The van der Waals surface area contributed by atoms with Gasteiger partial charge in [-0.05, 0) is 36.5 Å². The van der Waals surface area contributed by atoms with Gasteiger partial charge in [-0.25, -0.2) is 9.97 Å². The number of hydrogen-bond acceptors (Lipinski definition) is 6. The number of ether oxygens (including phenoxy) is 2. The summed E-state index contributed by atoms with van der Waals surface area (Å²) >= 11 is 0. The van der Waals surface area contributed by atoms with Crippen molar-refractivity contribution in [1.82, 2.24) is 9.97 Å². The molecule has 0 amide bonds. The lowest BCUT2D eigenvalue weighted by Crippen LogP contribution is -2.22. The molecular formula is C18H20N4O2. The molecule has 1 saturated heterocycles. The van der Waals surface area contributed by atoms with Crippen LogP contribution in [0.25, 0.3) is 0 Å². The Kier molecular flexibility index (Phi) is 4.80. The molecule has 1 unspecified atom stereocenters. The fraction of sp³-hybridized carbons (Fsp3) is 0.389. The lowest BCUT2D eigenvalue weighted by molar-refractivity contribution is 0.354. The molecule has 1 atom stereocenters. The minimum atomic E-state index is 0.393. The quantitative estimate of drug-likeness (QED) is 0.841.